The predicted molar refractivity (Wildman–Crippen MR) is 96.1 cm³/mol. The van der Waals surface area contributed by atoms with Crippen molar-refractivity contribution in [3.05, 3.63) is 42.1 Å². The van der Waals surface area contributed by atoms with Crippen LogP contribution in [0.5, 0.6) is 0 Å². The number of amides is 1. The number of fused-ring (bicyclic) bond motifs is 1. The third-order valence-corrected chi connectivity index (χ3v) is 4.50. The minimum Gasteiger partial charge on any atom is -0.444 e. The van der Waals surface area contributed by atoms with Gasteiger partial charge < -0.3 is 10.1 Å². The van der Waals surface area contributed by atoms with Crippen molar-refractivity contribution < 1.29 is 9.53 Å². The fourth-order valence-corrected chi connectivity index (χ4v) is 3.44. The summed E-state index contributed by atoms with van der Waals surface area (Å²) in [6.45, 7) is 5.66. The minimum atomic E-state index is -0.456. The lowest BCUT2D eigenvalue weighted by atomic mass is 9.81. The molecule has 1 amide bonds. The highest BCUT2D eigenvalue weighted by Gasteiger charge is 2.26. The van der Waals surface area contributed by atoms with Gasteiger partial charge in [0, 0.05) is 17.6 Å². The first kappa shape index (κ1) is 16.7. The third-order valence-electron chi connectivity index (χ3n) is 4.50. The molecule has 3 rings (SSSR count). The molecule has 1 fully saturated rings. The van der Waals surface area contributed by atoms with E-state index in [4.69, 9.17) is 4.74 Å². The van der Waals surface area contributed by atoms with Crippen LogP contribution in [0.25, 0.3) is 10.9 Å². The number of ether oxygens (including phenoxy) is 1. The van der Waals surface area contributed by atoms with Gasteiger partial charge in [-0.2, -0.15) is 0 Å². The second-order valence-electron chi connectivity index (χ2n) is 7.66. The zero-order valence-corrected chi connectivity index (χ0v) is 14.7. The SMILES string of the molecule is CC(C)(C)OC(=O)NC1CCCC(c2ccc3cccnc3c2)C1. The van der Waals surface area contributed by atoms with Crippen molar-refractivity contribution in [3.8, 4) is 0 Å². The molecular formula is C20H26N2O2. The molecule has 4 nitrogen and oxygen atoms in total. The molecule has 1 aliphatic carbocycles. The molecule has 1 aliphatic rings. The number of rotatable bonds is 2. The number of nitrogens with one attached hydrogen (secondary N) is 1. The number of hydrogen-bond donors (Lipinski definition) is 1. The van der Waals surface area contributed by atoms with Crippen LogP contribution in [0.3, 0.4) is 0 Å². The summed E-state index contributed by atoms with van der Waals surface area (Å²) >= 11 is 0. The Bertz CT molecular complexity index is 721. The van der Waals surface area contributed by atoms with Crippen LogP contribution in [0.2, 0.25) is 0 Å². The van der Waals surface area contributed by atoms with Gasteiger partial charge in [0.15, 0.2) is 0 Å². The number of alkyl carbamates (subject to hydrolysis) is 1. The molecule has 0 radical (unpaired) electrons. The van der Waals surface area contributed by atoms with Crippen LogP contribution >= 0.6 is 0 Å². The monoisotopic (exact) mass is 326 g/mol. The molecule has 0 aliphatic heterocycles. The Hall–Kier alpha value is -2.10. The average molecular weight is 326 g/mol. The van der Waals surface area contributed by atoms with E-state index in [-0.39, 0.29) is 12.1 Å². The van der Waals surface area contributed by atoms with Crippen LogP contribution in [0.15, 0.2) is 36.5 Å². The van der Waals surface area contributed by atoms with Gasteiger partial charge in [-0.25, -0.2) is 4.79 Å². The first-order chi connectivity index (χ1) is 11.4. The van der Waals surface area contributed by atoms with E-state index < -0.39 is 5.60 Å². The summed E-state index contributed by atoms with van der Waals surface area (Å²) in [6.07, 6.45) is 5.77. The van der Waals surface area contributed by atoms with E-state index in [9.17, 15) is 4.79 Å². The quantitative estimate of drug-likeness (QED) is 0.863. The molecule has 2 unspecified atom stereocenters. The van der Waals surface area contributed by atoms with Crippen LogP contribution in [0.1, 0.15) is 57.9 Å². The van der Waals surface area contributed by atoms with Gasteiger partial charge in [-0.3, -0.25) is 4.98 Å². The minimum absolute atomic E-state index is 0.179. The van der Waals surface area contributed by atoms with Crippen molar-refractivity contribution >= 4 is 17.0 Å². The molecule has 1 N–H and O–H groups in total. The van der Waals surface area contributed by atoms with E-state index in [1.54, 1.807) is 0 Å². The van der Waals surface area contributed by atoms with Gasteiger partial charge in [0.25, 0.3) is 0 Å². The fourth-order valence-electron chi connectivity index (χ4n) is 3.44. The van der Waals surface area contributed by atoms with Crippen LogP contribution in [0.4, 0.5) is 4.79 Å². The van der Waals surface area contributed by atoms with E-state index in [0.717, 1.165) is 31.2 Å². The molecule has 1 aromatic carbocycles. The van der Waals surface area contributed by atoms with E-state index in [2.05, 4.69) is 34.6 Å². The molecule has 0 bridgehead atoms. The molecule has 128 valence electrons. The summed E-state index contributed by atoms with van der Waals surface area (Å²) in [5.74, 6) is 0.463. The Morgan fingerprint density at radius 3 is 2.88 bits per heavy atom. The Balaban J connectivity index is 1.67. The second kappa shape index (κ2) is 6.80. The van der Waals surface area contributed by atoms with Crippen molar-refractivity contribution in [2.45, 2.75) is 64.0 Å². The van der Waals surface area contributed by atoms with Gasteiger partial charge in [0.2, 0.25) is 0 Å². The van der Waals surface area contributed by atoms with Gasteiger partial charge in [0.05, 0.1) is 5.52 Å². The Kier molecular flexibility index (Phi) is 4.74. The van der Waals surface area contributed by atoms with Crippen molar-refractivity contribution in [2.24, 2.45) is 0 Å². The smallest absolute Gasteiger partial charge is 0.407 e. The molecule has 2 aromatic rings. The summed E-state index contributed by atoms with van der Waals surface area (Å²) in [6, 6.07) is 10.8. The average Bonchev–Trinajstić information content (AvgIpc) is 2.53. The summed E-state index contributed by atoms with van der Waals surface area (Å²) < 4.78 is 5.38. The van der Waals surface area contributed by atoms with Crippen LogP contribution < -0.4 is 5.32 Å². The number of hydrogen-bond acceptors (Lipinski definition) is 3. The number of pyridine rings is 1. The molecule has 1 aromatic heterocycles. The number of nitrogens with zero attached hydrogens (tertiary/aromatic N) is 1. The lowest BCUT2D eigenvalue weighted by Gasteiger charge is -2.31. The molecule has 1 saturated carbocycles. The summed E-state index contributed by atoms with van der Waals surface area (Å²) in [7, 11) is 0. The number of benzene rings is 1. The van der Waals surface area contributed by atoms with Crippen LogP contribution in [-0.4, -0.2) is 22.7 Å². The van der Waals surface area contributed by atoms with Crippen molar-refractivity contribution in [3.63, 3.8) is 0 Å². The van der Waals surface area contributed by atoms with E-state index in [0.29, 0.717) is 5.92 Å². The molecular weight excluding hydrogens is 300 g/mol. The summed E-state index contributed by atoms with van der Waals surface area (Å²) in [5.41, 5.74) is 1.90. The highest BCUT2D eigenvalue weighted by atomic mass is 16.6. The normalized spacial score (nSPS) is 21.5. The summed E-state index contributed by atoms with van der Waals surface area (Å²) in [5, 5.41) is 4.20. The molecule has 4 heteroatoms. The summed E-state index contributed by atoms with van der Waals surface area (Å²) in [4.78, 5) is 16.5. The van der Waals surface area contributed by atoms with Crippen molar-refractivity contribution in [2.75, 3.05) is 0 Å². The maximum atomic E-state index is 12.0. The Labute approximate surface area is 143 Å². The Morgan fingerprint density at radius 1 is 1.25 bits per heavy atom. The second-order valence-corrected chi connectivity index (χ2v) is 7.66. The maximum Gasteiger partial charge on any atom is 0.407 e. The maximum absolute atomic E-state index is 12.0. The molecule has 1 heterocycles. The number of carbonyl (C=O) groups excluding carboxylic acids is 1. The molecule has 24 heavy (non-hydrogen) atoms. The number of carbonyl (C=O) groups is 1. The lowest BCUT2D eigenvalue weighted by Crippen LogP contribution is -2.41. The first-order valence-corrected chi connectivity index (χ1v) is 8.75. The Morgan fingerprint density at radius 2 is 2.08 bits per heavy atom. The first-order valence-electron chi connectivity index (χ1n) is 8.75. The number of aromatic nitrogens is 1. The zero-order chi connectivity index (χ0) is 17.2. The third kappa shape index (κ3) is 4.25. The van der Waals surface area contributed by atoms with Gasteiger partial charge in [-0.05, 0) is 63.6 Å². The zero-order valence-electron chi connectivity index (χ0n) is 14.7. The largest absolute Gasteiger partial charge is 0.444 e. The lowest BCUT2D eigenvalue weighted by molar-refractivity contribution is 0.0490. The van der Waals surface area contributed by atoms with Gasteiger partial charge in [-0.15, -0.1) is 0 Å². The van der Waals surface area contributed by atoms with Gasteiger partial charge in [0.1, 0.15) is 5.60 Å². The van der Waals surface area contributed by atoms with Crippen molar-refractivity contribution in [1.29, 1.82) is 0 Å². The predicted octanol–water partition coefficient (Wildman–Crippen LogP) is 4.79. The van der Waals surface area contributed by atoms with E-state index in [1.165, 1.54) is 10.9 Å². The highest BCUT2D eigenvalue weighted by molar-refractivity contribution is 5.79. The van der Waals surface area contributed by atoms with Crippen LogP contribution in [-0.2, 0) is 4.74 Å². The van der Waals surface area contributed by atoms with E-state index >= 15 is 0 Å². The molecule has 2 atom stereocenters. The molecule has 0 spiro atoms. The van der Waals surface area contributed by atoms with Gasteiger partial charge in [-0.1, -0.05) is 24.6 Å². The van der Waals surface area contributed by atoms with Crippen molar-refractivity contribution in [1.82, 2.24) is 10.3 Å². The topological polar surface area (TPSA) is 51.2 Å². The highest BCUT2D eigenvalue weighted by Crippen LogP contribution is 2.34. The van der Waals surface area contributed by atoms with Crippen LogP contribution in [0, 0.1) is 0 Å². The molecule has 0 saturated heterocycles. The van der Waals surface area contributed by atoms with Gasteiger partial charge >= 0.3 is 6.09 Å². The fraction of sp³-hybridized carbons (Fsp3) is 0.500. The van der Waals surface area contributed by atoms with E-state index in [1.807, 2.05) is 33.0 Å². The standard InChI is InChI=1S/C20H26N2O2/c1-20(2,3)24-19(23)22-17-8-4-6-15(12-17)16-10-9-14-7-5-11-21-18(14)13-16/h5,7,9-11,13,15,17H,4,6,8,12H2,1-3H3,(H,22,23).